The molecule has 1 aromatic rings. The summed E-state index contributed by atoms with van der Waals surface area (Å²) in [7, 11) is 0. The van der Waals surface area contributed by atoms with Crippen LogP contribution in [0.15, 0.2) is 30.3 Å². The largest absolute Gasteiger partial charge is 0.480 e. The molecule has 1 heterocycles. The number of nitrogens with zero attached hydrogens (tertiary/aromatic N) is 1. The fourth-order valence-corrected chi connectivity index (χ4v) is 3.21. The number of hydrogen-bond donors (Lipinski definition) is 3. The normalized spacial score (nSPS) is 20.3. The number of benzene rings is 1. The third-order valence-electron chi connectivity index (χ3n) is 4.81. The molecule has 26 heavy (non-hydrogen) atoms. The Hall–Kier alpha value is -2.41. The van der Waals surface area contributed by atoms with E-state index in [9.17, 15) is 24.6 Å². The van der Waals surface area contributed by atoms with Crippen molar-refractivity contribution in [3.05, 3.63) is 35.9 Å². The van der Waals surface area contributed by atoms with Gasteiger partial charge in [-0.3, -0.25) is 14.9 Å². The Morgan fingerprint density at radius 2 is 1.88 bits per heavy atom. The summed E-state index contributed by atoms with van der Waals surface area (Å²) in [5.41, 5.74) is 1.04. The minimum atomic E-state index is -1.06. The third kappa shape index (κ3) is 5.29. The molecule has 0 radical (unpaired) electrons. The van der Waals surface area contributed by atoms with Crippen molar-refractivity contribution in [1.82, 2.24) is 10.2 Å². The second-order valence-electron chi connectivity index (χ2n) is 6.68. The number of carboxylic acid groups (broad SMARTS) is 2. The lowest BCUT2D eigenvalue weighted by atomic mass is 10.0. The molecular formula is C19H26N2O5. The average molecular weight is 362 g/mol. The third-order valence-corrected chi connectivity index (χ3v) is 4.81. The highest BCUT2D eigenvalue weighted by molar-refractivity contribution is 5.87. The molecule has 0 bridgehead atoms. The van der Waals surface area contributed by atoms with Gasteiger partial charge in [-0.2, -0.15) is 0 Å². The van der Waals surface area contributed by atoms with E-state index >= 15 is 0 Å². The number of amides is 1. The molecule has 1 aliphatic heterocycles. The number of carbonyl (C=O) groups excluding carboxylic acids is 1. The lowest BCUT2D eigenvalue weighted by molar-refractivity contribution is -0.150. The molecule has 2 rings (SSSR count). The van der Waals surface area contributed by atoms with Crippen molar-refractivity contribution < 1.29 is 24.6 Å². The molecule has 7 heteroatoms. The Balaban J connectivity index is 2.04. The molecular weight excluding hydrogens is 336 g/mol. The highest BCUT2D eigenvalue weighted by Crippen LogP contribution is 2.17. The van der Waals surface area contributed by atoms with E-state index in [1.165, 1.54) is 11.8 Å². The van der Waals surface area contributed by atoms with Gasteiger partial charge in [0, 0.05) is 6.54 Å². The molecule has 0 aromatic heterocycles. The van der Waals surface area contributed by atoms with Gasteiger partial charge in [0.1, 0.15) is 12.1 Å². The van der Waals surface area contributed by atoms with Crippen LogP contribution in [-0.4, -0.2) is 57.6 Å². The summed E-state index contributed by atoms with van der Waals surface area (Å²) >= 11 is 0. The standard InChI is InChI=1S/C19H26N2O5/c1-13(18(23)24)21-12-6-5-9-15(17(21)22)20-16(19(25)26)11-10-14-7-3-2-4-8-14/h2-4,7-8,13,15-16,20H,5-6,9-12H2,1H3,(H,23,24)(H,25,26)/t13?,15?,16-/m0/s1. The van der Waals surface area contributed by atoms with Crippen molar-refractivity contribution in [2.75, 3.05) is 6.54 Å². The second-order valence-corrected chi connectivity index (χ2v) is 6.68. The van der Waals surface area contributed by atoms with Crippen LogP contribution in [0.25, 0.3) is 0 Å². The lowest BCUT2D eigenvalue weighted by Crippen LogP contribution is -2.54. The SMILES string of the molecule is CC(C(=O)O)N1CCCCC(N[C@@H](CCc2ccccc2)C(=O)O)C1=O. The molecule has 2 unspecified atom stereocenters. The predicted octanol–water partition coefficient (Wildman–Crippen LogP) is 1.52. The number of rotatable bonds is 8. The van der Waals surface area contributed by atoms with E-state index < -0.39 is 30.1 Å². The van der Waals surface area contributed by atoms with Gasteiger partial charge < -0.3 is 15.1 Å². The summed E-state index contributed by atoms with van der Waals surface area (Å²) in [6, 6.07) is 7.13. The first kappa shape index (κ1) is 19.9. The van der Waals surface area contributed by atoms with Crippen molar-refractivity contribution >= 4 is 17.8 Å². The van der Waals surface area contributed by atoms with Gasteiger partial charge in [0.25, 0.3) is 0 Å². The lowest BCUT2D eigenvalue weighted by Gasteiger charge is -2.29. The zero-order chi connectivity index (χ0) is 19.1. The predicted molar refractivity (Wildman–Crippen MR) is 95.8 cm³/mol. The van der Waals surface area contributed by atoms with Crippen LogP contribution in [0.5, 0.6) is 0 Å². The number of aliphatic carboxylic acids is 2. The zero-order valence-electron chi connectivity index (χ0n) is 14.9. The van der Waals surface area contributed by atoms with E-state index in [-0.39, 0.29) is 5.91 Å². The number of nitrogens with one attached hydrogen (secondary N) is 1. The highest BCUT2D eigenvalue weighted by atomic mass is 16.4. The smallest absolute Gasteiger partial charge is 0.326 e. The summed E-state index contributed by atoms with van der Waals surface area (Å²) in [6.07, 6.45) is 2.91. The molecule has 0 saturated carbocycles. The molecule has 142 valence electrons. The molecule has 1 saturated heterocycles. The minimum Gasteiger partial charge on any atom is -0.480 e. The summed E-state index contributed by atoms with van der Waals surface area (Å²) < 4.78 is 0. The van der Waals surface area contributed by atoms with E-state index in [1.54, 1.807) is 0 Å². The molecule has 1 amide bonds. The topological polar surface area (TPSA) is 107 Å². The van der Waals surface area contributed by atoms with E-state index in [0.29, 0.717) is 32.2 Å². The van der Waals surface area contributed by atoms with Crippen LogP contribution in [0.4, 0.5) is 0 Å². The molecule has 0 spiro atoms. The minimum absolute atomic E-state index is 0.330. The Kier molecular flexibility index (Phi) is 7.15. The van der Waals surface area contributed by atoms with Gasteiger partial charge in [-0.05, 0) is 44.6 Å². The van der Waals surface area contributed by atoms with Crippen LogP contribution in [-0.2, 0) is 20.8 Å². The first-order valence-corrected chi connectivity index (χ1v) is 8.96. The highest BCUT2D eigenvalue weighted by Gasteiger charge is 2.34. The maximum atomic E-state index is 12.7. The Morgan fingerprint density at radius 3 is 2.50 bits per heavy atom. The number of aryl methyl sites for hydroxylation is 1. The molecule has 1 aromatic carbocycles. The van der Waals surface area contributed by atoms with Crippen molar-refractivity contribution in [3.8, 4) is 0 Å². The van der Waals surface area contributed by atoms with Crippen LogP contribution < -0.4 is 5.32 Å². The van der Waals surface area contributed by atoms with E-state index in [1.807, 2.05) is 30.3 Å². The van der Waals surface area contributed by atoms with E-state index in [2.05, 4.69) is 5.32 Å². The molecule has 7 nitrogen and oxygen atoms in total. The van der Waals surface area contributed by atoms with Crippen molar-refractivity contribution in [2.45, 2.75) is 57.2 Å². The van der Waals surface area contributed by atoms with Crippen LogP contribution in [0, 0.1) is 0 Å². The van der Waals surface area contributed by atoms with E-state index in [4.69, 9.17) is 0 Å². The molecule has 3 atom stereocenters. The van der Waals surface area contributed by atoms with Crippen molar-refractivity contribution in [1.29, 1.82) is 0 Å². The molecule has 1 aliphatic rings. The van der Waals surface area contributed by atoms with Gasteiger partial charge in [0.05, 0.1) is 6.04 Å². The maximum Gasteiger partial charge on any atom is 0.326 e. The summed E-state index contributed by atoms with van der Waals surface area (Å²) in [6.45, 7) is 1.86. The van der Waals surface area contributed by atoms with Crippen LogP contribution >= 0.6 is 0 Å². The van der Waals surface area contributed by atoms with Gasteiger partial charge in [0.2, 0.25) is 5.91 Å². The molecule has 0 aliphatic carbocycles. The van der Waals surface area contributed by atoms with Gasteiger partial charge in [-0.15, -0.1) is 0 Å². The summed E-state index contributed by atoms with van der Waals surface area (Å²) in [4.78, 5) is 36.9. The zero-order valence-corrected chi connectivity index (χ0v) is 14.9. The Labute approximate surface area is 153 Å². The number of likely N-dealkylation sites (tertiary alicyclic amines) is 1. The monoisotopic (exact) mass is 362 g/mol. The second kappa shape index (κ2) is 9.33. The van der Waals surface area contributed by atoms with Crippen LogP contribution in [0.2, 0.25) is 0 Å². The fraction of sp³-hybridized carbons (Fsp3) is 0.526. The van der Waals surface area contributed by atoms with Crippen LogP contribution in [0.1, 0.15) is 38.2 Å². The summed E-state index contributed by atoms with van der Waals surface area (Å²) in [5.74, 6) is -2.39. The van der Waals surface area contributed by atoms with E-state index in [0.717, 1.165) is 12.0 Å². The van der Waals surface area contributed by atoms with Crippen molar-refractivity contribution in [3.63, 3.8) is 0 Å². The number of carboxylic acids is 2. The van der Waals surface area contributed by atoms with Gasteiger partial charge >= 0.3 is 11.9 Å². The maximum absolute atomic E-state index is 12.7. The average Bonchev–Trinajstić information content (AvgIpc) is 2.80. The van der Waals surface area contributed by atoms with Crippen LogP contribution in [0.3, 0.4) is 0 Å². The quantitative estimate of drug-likeness (QED) is 0.647. The van der Waals surface area contributed by atoms with Gasteiger partial charge in [-0.1, -0.05) is 30.3 Å². The van der Waals surface area contributed by atoms with Crippen molar-refractivity contribution in [2.24, 2.45) is 0 Å². The molecule has 3 N–H and O–H groups in total. The molecule has 1 fully saturated rings. The fourth-order valence-electron chi connectivity index (χ4n) is 3.21. The number of hydrogen-bond acceptors (Lipinski definition) is 4. The van der Waals surface area contributed by atoms with Gasteiger partial charge in [0.15, 0.2) is 0 Å². The summed E-state index contributed by atoms with van der Waals surface area (Å²) in [5, 5.41) is 21.7. The van der Waals surface area contributed by atoms with Gasteiger partial charge in [-0.25, -0.2) is 4.79 Å². The Morgan fingerprint density at radius 1 is 1.19 bits per heavy atom. The number of carbonyl (C=O) groups is 3. The Bertz CT molecular complexity index is 634. The first-order chi connectivity index (χ1) is 12.4. The first-order valence-electron chi connectivity index (χ1n) is 8.96.